The Labute approximate surface area is 98.3 Å². The zero-order valence-electron chi connectivity index (χ0n) is 8.90. The Balaban J connectivity index is 1.84. The summed E-state index contributed by atoms with van der Waals surface area (Å²) in [6.07, 6.45) is 6.88. The number of hydrogen-bond donors (Lipinski definition) is 1. The minimum atomic E-state index is 0.0192. The maximum absolute atomic E-state index is 11.6. The molecule has 1 N–H and O–H groups in total. The number of aromatic nitrogens is 1. The molecule has 1 amide bonds. The van der Waals surface area contributed by atoms with Gasteiger partial charge in [0.05, 0.1) is 6.20 Å². The fraction of sp³-hybridized carbons (Fsp3) is 0.545. The van der Waals surface area contributed by atoms with Crippen LogP contribution in [-0.4, -0.2) is 10.9 Å². The SMILES string of the molecule is N#Cc1cnc(NC(=O)CC2CCCC2)s1. The van der Waals surface area contributed by atoms with Gasteiger partial charge in [-0.1, -0.05) is 24.2 Å². The topological polar surface area (TPSA) is 65.8 Å². The Bertz CT molecular complexity index is 415. The van der Waals surface area contributed by atoms with Crippen molar-refractivity contribution in [1.82, 2.24) is 4.98 Å². The number of anilines is 1. The number of nitrogens with zero attached hydrogens (tertiary/aromatic N) is 2. The lowest BCUT2D eigenvalue weighted by Gasteiger charge is -2.07. The van der Waals surface area contributed by atoms with Crippen LogP contribution >= 0.6 is 11.3 Å². The summed E-state index contributed by atoms with van der Waals surface area (Å²) in [4.78, 5) is 16.1. The Kier molecular flexibility index (Phi) is 3.52. The summed E-state index contributed by atoms with van der Waals surface area (Å²) in [5.74, 6) is 0.557. The molecule has 1 aliphatic rings. The van der Waals surface area contributed by atoms with Gasteiger partial charge in [0.2, 0.25) is 5.91 Å². The molecule has 1 aliphatic carbocycles. The van der Waals surface area contributed by atoms with Crippen molar-refractivity contribution in [2.45, 2.75) is 32.1 Å². The van der Waals surface area contributed by atoms with Crippen molar-refractivity contribution in [3.8, 4) is 6.07 Å². The molecular weight excluding hydrogens is 222 g/mol. The van der Waals surface area contributed by atoms with E-state index in [1.165, 1.54) is 30.4 Å². The zero-order valence-corrected chi connectivity index (χ0v) is 9.72. The third-order valence-electron chi connectivity index (χ3n) is 2.81. The molecule has 1 fully saturated rings. The second-order valence-corrected chi connectivity index (χ2v) is 5.07. The second-order valence-electron chi connectivity index (χ2n) is 4.04. The minimum absolute atomic E-state index is 0.0192. The fourth-order valence-corrected chi connectivity index (χ4v) is 2.66. The number of rotatable bonds is 3. The highest BCUT2D eigenvalue weighted by atomic mass is 32.1. The number of carbonyl (C=O) groups is 1. The van der Waals surface area contributed by atoms with Crippen LogP contribution in [-0.2, 0) is 4.79 Å². The highest BCUT2D eigenvalue weighted by Crippen LogP contribution is 2.28. The van der Waals surface area contributed by atoms with Gasteiger partial charge in [-0.05, 0) is 18.8 Å². The van der Waals surface area contributed by atoms with Crippen LogP contribution in [0.15, 0.2) is 6.20 Å². The standard InChI is InChI=1S/C11H13N3OS/c12-6-9-7-13-11(16-9)14-10(15)5-8-3-1-2-4-8/h7-8H,1-5H2,(H,13,14,15). The first kappa shape index (κ1) is 11.1. The quantitative estimate of drug-likeness (QED) is 0.875. The van der Waals surface area contributed by atoms with Gasteiger partial charge >= 0.3 is 0 Å². The van der Waals surface area contributed by atoms with Crippen molar-refractivity contribution in [2.75, 3.05) is 5.32 Å². The van der Waals surface area contributed by atoms with Crippen molar-refractivity contribution < 1.29 is 4.79 Å². The van der Waals surface area contributed by atoms with E-state index in [1.54, 1.807) is 0 Å². The van der Waals surface area contributed by atoms with Crippen molar-refractivity contribution in [1.29, 1.82) is 5.26 Å². The van der Waals surface area contributed by atoms with Gasteiger partial charge in [0, 0.05) is 6.42 Å². The third-order valence-corrected chi connectivity index (χ3v) is 3.63. The number of nitrogens with one attached hydrogen (secondary N) is 1. The second kappa shape index (κ2) is 5.08. The summed E-state index contributed by atoms with van der Waals surface area (Å²) < 4.78 is 0. The van der Waals surface area contributed by atoms with Gasteiger partial charge in [-0.3, -0.25) is 4.79 Å². The Morgan fingerprint density at radius 3 is 3.00 bits per heavy atom. The molecule has 0 bridgehead atoms. The monoisotopic (exact) mass is 235 g/mol. The number of nitriles is 1. The van der Waals surface area contributed by atoms with Crippen LogP contribution in [0.5, 0.6) is 0 Å². The number of hydrogen-bond acceptors (Lipinski definition) is 4. The zero-order chi connectivity index (χ0) is 11.4. The van der Waals surface area contributed by atoms with Crippen LogP contribution in [0.3, 0.4) is 0 Å². The lowest BCUT2D eigenvalue weighted by molar-refractivity contribution is -0.117. The molecular formula is C11H13N3OS. The maximum Gasteiger partial charge on any atom is 0.226 e. The van der Waals surface area contributed by atoms with Gasteiger partial charge in [0.25, 0.3) is 0 Å². The molecule has 4 nitrogen and oxygen atoms in total. The van der Waals surface area contributed by atoms with Gasteiger partial charge in [-0.2, -0.15) is 5.26 Å². The van der Waals surface area contributed by atoms with Crippen LogP contribution in [0, 0.1) is 17.2 Å². The van der Waals surface area contributed by atoms with E-state index in [9.17, 15) is 4.79 Å². The van der Waals surface area contributed by atoms with E-state index in [2.05, 4.69) is 10.3 Å². The predicted molar refractivity (Wildman–Crippen MR) is 62.0 cm³/mol. The summed E-state index contributed by atoms with van der Waals surface area (Å²) in [7, 11) is 0. The molecule has 0 spiro atoms. The largest absolute Gasteiger partial charge is 0.302 e. The molecule has 0 radical (unpaired) electrons. The number of carbonyl (C=O) groups excluding carboxylic acids is 1. The average Bonchev–Trinajstić information content (AvgIpc) is 2.89. The molecule has 1 saturated carbocycles. The summed E-state index contributed by atoms with van der Waals surface area (Å²) in [5.41, 5.74) is 0. The third kappa shape index (κ3) is 2.80. The number of amides is 1. The van der Waals surface area contributed by atoms with Crippen molar-refractivity contribution in [2.24, 2.45) is 5.92 Å². The van der Waals surface area contributed by atoms with E-state index >= 15 is 0 Å². The van der Waals surface area contributed by atoms with Gasteiger partial charge in [0.1, 0.15) is 10.9 Å². The molecule has 84 valence electrons. The normalized spacial score (nSPS) is 15.9. The predicted octanol–water partition coefficient (Wildman–Crippen LogP) is 2.53. The highest BCUT2D eigenvalue weighted by molar-refractivity contribution is 7.16. The first-order valence-electron chi connectivity index (χ1n) is 5.43. The summed E-state index contributed by atoms with van der Waals surface area (Å²) in [6.45, 7) is 0. The fourth-order valence-electron chi connectivity index (χ4n) is 2.03. The average molecular weight is 235 g/mol. The van der Waals surface area contributed by atoms with E-state index in [0.717, 1.165) is 12.8 Å². The van der Waals surface area contributed by atoms with Crippen LogP contribution in [0.2, 0.25) is 0 Å². The maximum atomic E-state index is 11.6. The van der Waals surface area contributed by atoms with Crippen molar-refractivity contribution in [3.63, 3.8) is 0 Å². The van der Waals surface area contributed by atoms with Crippen molar-refractivity contribution >= 4 is 22.4 Å². The van der Waals surface area contributed by atoms with Gasteiger partial charge < -0.3 is 5.32 Å². The van der Waals surface area contributed by atoms with E-state index in [4.69, 9.17) is 5.26 Å². The minimum Gasteiger partial charge on any atom is -0.302 e. The first-order chi connectivity index (χ1) is 7.78. The number of thiazole rings is 1. The molecule has 5 heteroatoms. The van der Waals surface area contributed by atoms with Crippen LogP contribution in [0.1, 0.15) is 37.0 Å². The van der Waals surface area contributed by atoms with Crippen molar-refractivity contribution in [3.05, 3.63) is 11.1 Å². The van der Waals surface area contributed by atoms with Gasteiger partial charge in [-0.25, -0.2) is 4.98 Å². The first-order valence-corrected chi connectivity index (χ1v) is 6.25. The molecule has 0 unspecified atom stereocenters. The van der Waals surface area contributed by atoms with Crippen LogP contribution in [0.25, 0.3) is 0 Å². The smallest absolute Gasteiger partial charge is 0.226 e. The highest BCUT2D eigenvalue weighted by Gasteiger charge is 2.18. The molecule has 2 rings (SSSR count). The molecule has 0 atom stereocenters. The Morgan fingerprint density at radius 1 is 1.62 bits per heavy atom. The molecule has 0 aliphatic heterocycles. The van der Waals surface area contributed by atoms with Crippen LogP contribution in [0.4, 0.5) is 5.13 Å². The Hall–Kier alpha value is -1.41. The molecule has 1 aromatic rings. The molecule has 0 aromatic carbocycles. The summed E-state index contributed by atoms with van der Waals surface area (Å²) in [6, 6.07) is 2.00. The van der Waals surface area contributed by atoms with Gasteiger partial charge in [0.15, 0.2) is 5.13 Å². The molecule has 16 heavy (non-hydrogen) atoms. The summed E-state index contributed by atoms with van der Waals surface area (Å²) >= 11 is 1.21. The van der Waals surface area contributed by atoms with Gasteiger partial charge in [-0.15, -0.1) is 0 Å². The lowest BCUT2D eigenvalue weighted by atomic mass is 10.0. The van der Waals surface area contributed by atoms with E-state index < -0.39 is 0 Å². The van der Waals surface area contributed by atoms with E-state index in [1.807, 2.05) is 6.07 Å². The van der Waals surface area contributed by atoms with E-state index in [-0.39, 0.29) is 5.91 Å². The van der Waals surface area contributed by atoms with E-state index in [0.29, 0.717) is 22.3 Å². The lowest BCUT2D eigenvalue weighted by Crippen LogP contribution is -2.14. The summed E-state index contributed by atoms with van der Waals surface area (Å²) in [5, 5.41) is 11.9. The van der Waals surface area contributed by atoms with Crippen LogP contribution < -0.4 is 5.32 Å². The molecule has 0 saturated heterocycles. The molecule has 1 heterocycles. The Morgan fingerprint density at radius 2 is 2.38 bits per heavy atom. The molecule has 1 aromatic heterocycles.